The van der Waals surface area contributed by atoms with Crippen molar-refractivity contribution < 1.29 is 201 Å². The van der Waals surface area contributed by atoms with Gasteiger partial charge in [-0.25, -0.2) is 9.97 Å². The SMILES string of the molecule is OC[C@@H](O)[C@@H](O[C@@H]1O[C@H](CO)[C@@H](O)[C@H](O)[C@H]1O)[C@H](O)[C@@H](O)CNc1ccccc1-c1c2nc(c(-c3ccccc3NC[C@H](O)[C@@H](O)[C@H](O[C@@H]3O[C@H](CO)[C@@H](O)[C@H](O)[C@H]3O)[C@H](O)CO)c3ccc([nH]3)c(-c3ccccc3NC[C@H](O)[C@@H](O)[C@H](O[C@@H]3O[C@H](CO)[C@@H](O)[C@H](O)[C@H]3O)[C@H](O)CO)c3nc(c(-c4ccccc4NC[C@H](O)[C@@H](O)[C@H](O[C@@H]4O[C@H](CO)[C@@H](O)[C@H](O)[C@H]4O)[C@H](O)CO)c4ccc1[nH]4)C=C3)C=C2. The molecule has 9 heterocycles. The fourth-order valence-electron chi connectivity index (χ4n) is 17.3. The molecule has 140 heavy (non-hydrogen) atoms. The zero-order valence-electron chi connectivity index (χ0n) is 74.6. The fraction of sp³-hybridized carbons (Fsp3) is 0.522. The van der Waals surface area contributed by atoms with Crippen molar-refractivity contribution in [2.45, 2.75) is 220 Å². The minimum Gasteiger partial charge on any atom is -0.394 e. The van der Waals surface area contributed by atoms with Crippen LogP contribution in [-0.4, -0.2) is 483 Å². The van der Waals surface area contributed by atoms with Crippen molar-refractivity contribution in [1.82, 2.24) is 19.9 Å². The van der Waals surface area contributed by atoms with Gasteiger partial charge in [0, 0.05) is 116 Å². The van der Waals surface area contributed by atoms with Gasteiger partial charge in [0.2, 0.25) is 0 Å². The Labute approximate surface area is 796 Å². The summed E-state index contributed by atoms with van der Waals surface area (Å²) in [5.41, 5.74) is 4.66. The van der Waals surface area contributed by atoms with Gasteiger partial charge in [0.1, 0.15) is 171 Å². The number of aromatic amines is 2. The lowest BCUT2D eigenvalue weighted by atomic mass is 9.98. The van der Waals surface area contributed by atoms with Gasteiger partial charge >= 0.3 is 0 Å². The molecular weight excluding hydrogens is 1860 g/mol. The van der Waals surface area contributed by atoms with E-state index in [1.54, 1.807) is 146 Å². The number of hydrogen-bond acceptors (Lipinski definition) is 46. The van der Waals surface area contributed by atoms with Crippen LogP contribution >= 0.6 is 0 Å². The highest BCUT2D eigenvalue weighted by Crippen LogP contribution is 2.45. The summed E-state index contributed by atoms with van der Waals surface area (Å²) in [5.74, 6) is 0. The Morgan fingerprint density at radius 1 is 0.257 bits per heavy atom. The summed E-state index contributed by atoms with van der Waals surface area (Å²) in [6, 6.07) is 32.8. The predicted octanol–water partition coefficient (Wildman–Crippen LogP) is -9.99. The number of anilines is 4. The maximum atomic E-state index is 12.0. The molecule has 36 atom stereocenters. The Kier molecular flexibility index (Phi) is 37.6. The van der Waals surface area contributed by atoms with Crippen LogP contribution in [0.4, 0.5) is 22.7 Å². The minimum absolute atomic E-state index is 0.165. The number of ether oxygens (including phenoxy) is 8. The van der Waals surface area contributed by atoms with E-state index in [4.69, 9.17) is 47.9 Å². The largest absolute Gasteiger partial charge is 0.394 e. The van der Waals surface area contributed by atoms with E-state index >= 15 is 0 Å². The zero-order valence-corrected chi connectivity index (χ0v) is 74.6. The molecule has 0 aliphatic carbocycles. The second-order valence-electron chi connectivity index (χ2n) is 34.6. The van der Waals surface area contributed by atoms with E-state index < -0.39 is 300 Å². The standard InChI is InChI=1S/C92H122N8O40/c101-29-57(113)85(137-89-81(129)77(125)73(121)61(33-105)133-89)69(117)53(109)25-93-41-13-5-1-9-37(41)65-45-17-19-47(97-45)66(38-10-2-6-14-42(38)94-26-54(110)70(118)86(58(114)30-102)138-90-82(130)78(126)74(122)62(34-106)134-90)49-21-23-51(99-49)68(40-12-4-8-16-44(40)96-28-56(112)72(120)88(60(116)32-104)140-92-84(132)80(128)76(124)64(36-108)136-92)52-24-22-50(100-52)67(48-20-18-46(65)98-48)39-11-3-7-15-43(39)95-27-55(111)71(119)87(59(115)31-103)139-91-83(131)79(127)75(123)63(35-107)135-91/h1-24,53-64,69-97,100-132H,25-36H2/t53-,54-,55-,56-,57+,58+,59+,60+,61+,62+,63+,64+,69+,70+,71+,72+,73+,74+,75+,76+,77-,78-,79-,80-,81+,82+,83+,84+,85+,86+,87+,88+,89-,90-,91-,92-/m0/s1. The molecule has 0 radical (unpaired) electrons. The molecule has 6 aliphatic rings. The first kappa shape index (κ1) is 108. The average molecular weight is 1980 g/mol. The lowest BCUT2D eigenvalue weighted by Gasteiger charge is -2.42. The van der Waals surface area contributed by atoms with Gasteiger partial charge in [-0.2, -0.15) is 0 Å². The Hall–Kier alpha value is -8.92. The highest BCUT2D eigenvalue weighted by atomic mass is 16.7. The molecule has 6 aliphatic heterocycles. The third-order valence-electron chi connectivity index (χ3n) is 25.3. The van der Waals surface area contributed by atoms with Crippen molar-refractivity contribution in [2.24, 2.45) is 0 Å². The number of nitrogens with one attached hydrogen (secondary N) is 6. The summed E-state index contributed by atoms with van der Waals surface area (Å²) >= 11 is 0. The third-order valence-corrected chi connectivity index (χ3v) is 25.3. The average Bonchev–Trinajstić information content (AvgIpc) is 1.60. The summed E-state index contributed by atoms with van der Waals surface area (Å²) in [6.45, 7) is -10.5. The van der Waals surface area contributed by atoms with Crippen LogP contribution in [0.3, 0.4) is 0 Å². The molecule has 38 N–H and O–H groups in total. The van der Waals surface area contributed by atoms with Crippen molar-refractivity contribution in [2.75, 3.05) is 100 Å². The molecule has 770 valence electrons. The van der Waals surface area contributed by atoms with Gasteiger partial charge < -0.3 is 233 Å². The maximum absolute atomic E-state index is 12.0. The maximum Gasteiger partial charge on any atom is 0.187 e. The molecule has 4 saturated heterocycles. The van der Waals surface area contributed by atoms with E-state index in [0.717, 1.165) is 0 Å². The Bertz CT molecular complexity index is 4780. The second kappa shape index (κ2) is 48.6. The van der Waals surface area contributed by atoms with Crippen molar-refractivity contribution >= 4 is 69.1 Å². The number of para-hydroxylation sites is 4. The number of aliphatic hydroxyl groups excluding tert-OH is 32. The van der Waals surface area contributed by atoms with E-state index in [1.807, 2.05) is 0 Å². The quantitative estimate of drug-likeness (QED) is 0.0169. The van der Waals surface area contributed by atoms with Crippen LogP contribution in [0, 0.1) is 0 Å². The number of nitrogens with zero attached hydrogens (tertiary/aromatic N) is 2. The number of H-pyrrole nitrogens is 2. The van der Waals surface area contributed by atoms with Crippen molar-refractivity contribution in [3.05, 3.63) is 144 Å². The van der Waals surface area contributed by atoms with Crippen LogP contribution in [0.1, 0.15) is 22.8 Å². The molecule has 48 heteroatoms. The second-order valence-corrected chi connectivity index (χ2v) is 34.6. The summed E-state index contributed by atoms with van der Waals surface area (Å²) in [6.07, 6.45) is -63.9. The molecule has 0 spiro atoms. The molecule has 7 aromatic rings. The molecule has 13 rings (SSSR count). The van der Waals surface area contributed by atoms with Crippen LogP contribution in [0.25, 0.3) is 90.9 Å². The number of aliphatic hydroxyl groups is 32. The van der Waals surface area contributed by atoms with E-state index in [-0.39, 0.29) is 89.8 Å². The number of hydrogen-bond donors (Lipinski definition) is 38. The van der Waals surface area contributed by atoms with Crippen molar-refractivity contribution in [3.8, 4) is 44.5 Å². The van der Waals surface area contributed by atoms with E-state index in [9.17, 15) is 163 Å². The molecule has 8 bridgehead atoms. The summed E-state index contributed by atoms with van der Waals surface area (Å²) in [4.78, 5) is 18.0. The highest BCUT2D eigenvalue weighted by molar-refractivity contribution is 6.04. The molecule has 4 fully saturated rings. The number of rotatable bonds is 44. The molecular formula is C92H122N8O40. The van der Waals surface area contributed by atoms with Gasteiger partial charge in [-0.1, -0.05) is 72.8 Å². The Morgan fingerprint density at radius 2 is 0.450 bits per heavy atom. The van der Waals surface area contributed by atoms with Crippen LogP contribution in [0.2, 0.25) is 0 Å². The normalized spacial score (nSPS) is 29.0. The number of fused-ring (bicyclic) bond motifs is 8. The van der Waals surface area contributed by atoms with Crippen molar-refractivity contribution in [3.63, 3.8) is 0 Å². The van der Waals surface area contributed by atoms with Crippen LogP contribution in [-0.2, 0) is 37.9 Å². The van der Waals surface area contributed by atoms with Gasteiger partial charge in [-0.3, -0.25) is 0 Å². The minimum atomic E-state index is -2.18. The Balaban J connectivity index is 0.983. The van der Waals surface area contributed by atoms with E-state index in [0.29, 0.717) is 22.3 Å². The topological polar surface area (TPSA) is 827 Å². The van der Waals surface area contributed by atoms with Crippen molar-refractivity contribution in [1.29, 1.82) is 0 Å². The van der Waals surface area contributed by atoms with Crippen LogP contribution < -0.4 is 21.3 Å². The first-order valence-electron chi connectivity index (χ1n) is 45.0. The first-order chi connectivity index (χ1) is 67.0. The molecule has 0 amide bonds. The van der Waals surface area contributed by atoms with E-state index in [1.165, 1.54) is 0 Å². The fourth-order valence-corrected chi connectivity index (χ4v) is 17.3. The molecule has 4 aromatic carbocycles. The Morgan fingerprint density at radius 3 is 0.636 bits per heavy atom. The molecule has 0 saturated carbocycles. The first-order valence-corrected chi connectivity index (χ1v) is 45.0. The van der Waals surface area contributed by atoms with Gasteiger partial charge in [-0.05, 0) is 72.8 Å². The number of aromatic nitrogens is 4. The number of benzene rings is 4. The van der Waals surface area contributed by atoms with E-state index in [2.05, 4.69) is 31.2 Å². The smallest absolute Gasteiger partial charge is 0.187 e. The predicted molar refractivity (Wildman–Crippen MR) is 490 cm³/mol. The van der Waals surface area contributed by atoms with Gasteiger partial charge in [0.05, 0.1) is 100 Å². The van der Waals surface area contributed by atoms with Crippen LogP contribution in [0.15, 0.2) is 121 Å². The van der Waals surface area contributed by atoms with Gasteiger partial charge in [0.15, 0.2) is 25.2 Å². The highest BCUT2D eigenvalue weighted by Gasteiger charge is 2.52. The third kappa shape index (κ3) is 23.7. The molecule has 48 nitrogen and oxygen atoms in total. The molecule has 3 aromatic heterocycles. The molecule has 0 unspecified atom stereocenters. The lowest BCUT2D eigenvalue weighted by molar-refractivity contribution is -0.326. The van der Waals surface area contributed by atoms with Crippen LogP contribution in [0.5, 0.6) is 0 Å². The lowest BCUT2D eigenvalue weighted by Crippen LogP contribution is -2.61. The monoisotopic (exact) mass is 1980 g/mol. The summed E-state index contributed by atoms with van der Waals surface area (Å²) in [5, 5.41) is 362. The summed E-state index contributed by atoms with van der Waals surface area (Å²) < 4.78 is 45.0. The van der Waals surface area contributed by atoms with Gasteiger partial charge in [0.25, 0.3) is 0 Å². The van der Waals surface area contributed by atoms with Gasteiger partial charge in [-0.15, -0.1) is 0 Å². The zero-order chi connectivity index (χ0) is 101. The summed E-state index contributed by atoms with van der Waals surface area (Å²) in [7, 11) is 0.